The molecule has 18 heavy (non-hydrogen) atoms. The van der Waals surface area contributed by atoms with Gasteiger partial charge >= 0.3 is 0 Å². The number of halogens is 1. The normalized spacial score (nSPS) is 26.4. The van der Waals surface area contributed by atoms with Crippen molar-refractivity contribution in [2.45, 2.75) is 36.9 Å². The highest BCUT2D eigenvalue weighted by atomic mass is 79.9. The Bertz CT molecular complexity index is 524. The Morgan fingerprint density at radius 1 is 1.50 bits per heavy atom. The largest absolute Gasteiger partial charge is 0.328 e. The second-order valence-electron chi connectivity index (χ2n) is 4.56. The van der Waals surface area contributed by atoms with E-state index in [2.05, 4.69) is 26.2 Å². The average Bonchev–Trinajstić information content (AvgIpc) is 2.58. The van der Waals surface area contributed by atoms with Crippen molar-refractivity contribution in [3.05, 3.63) is 4.60 Å². The van der Waals surface area contributed by atoms with E-state index in [0.717, 1.165) is 0 Å². The first-order valence-corrected chi connectivity index (χ1v) is 7.90. The molecule has 0 bridgehead atoms. The molecular weight excluding hydrogens is 322 g/mol. The third-order valence-corrected chi connectivity index (χ3v) is 6.05. The van der Waals surface area contributed by atoms with Crippen molar-refractivity contribution >= 4 is 26.0 Å². The molecule has 2 rings (SSSR count). The lowest BCUT2D eigenvalue weighted by Crippen LogP contribution is -2.48. The minimum atomic E-state index is -3.58. The van der Waals surface area contributed by atoms with Crippen molar-refractivity contribution in [2.24, 2.45) is 12.8 Å². The summed E-state index contributed by atoms with van der Waals surface area (Å²) >= 11 is 3.13. The van der Waals surface area contributed by atoms with Crippen molar-refractivity contribution in [1.29, 1.82) is 0 Å². The fraction of sp³-hybridized carbons (Fsp3) is 0.778. The highest BCUT2D eigenvalue weighted by Gasteiger charge is 2.36. The lowest BCUT2D eigenvalue weighted by atomic mass is 10.0. The Balaban J connectivity index is 2.38. The smallest absolute Gasteiger partial charge is 0.263 e. The van der Waals surface area contributed by atoms with Gasteiger partial charge in [-0.05, 0) is 35.7 Å². The molecule has 1 aromatic rings. The number of hydrogen-bond donors (Lipinski definition) is 1. The average molecular weight is 338 g/mol. The molecule has 2 N–H and O–H groups in total. The molecule has 0 aromatic carbocycles. The maximum absolute atomic E-state index is 12.6. The number of rotatable bonds is 2. The fourth-order valence-electron chi connectivity index (χ4n) is 2.25. The second-order valence-corrected chi connectivity index (χ2v) is 7.12. The number of aromatic nitrogens is 3. The lowest BCUT2D eigenvalue weighted by molar-refractivity contribution is 0.246. The van der Waals surface area contributed by atoms with E-state index in [1.54, 1.807) is 7.05 Å². The standard InChI is InChI=1S/C9H16BrN5O2S/c1-6-5-7(11)3-4-15(6)18(16,17)9-8(10)12-13-14(9)2/h6-7H,3-5,11H2,1-2H3. The first-order valence-electron chi connectivity index (χ1n) is 5.66. The minimum absolute atomic E-state index is 0.0690. The van der Waals surface area contributed by atoms with Crippen LogP contribution in [0, 0.1) is 0 Å². The molecular formula is C9H16BrN5O2S. The fourth-order valence-corrected chi connectivity index (χ4v) is 4.94. The van der Waals surface area contributed by atoms with Crippen LogP contribution in [0.25, 0.3) is 0 Å². The molecule has 0 radical (unpaired) electrons. The van der Waals surface area contributed by atoms with E-state index >= 15 is 0 Å². The van der Waals surface area contributed by atoms with E-state index in [0.29, 0.717) is 19.4 Å². The van der Waals surface area contributed by atoms with Crippen molar-refractivity contribution in [3.63, 3.8) is 0 Å². The van der Waals surface area contributed by atoms with Crippen LogP contribution in [0.2, 0.25) is 0 Å². The van der Waals surface area contributed by atoms with E-state index < -0.39 is 10.0 Å². The second kappa shape index (κ2) is 4.87. The van der Waals surface area contributed by atoms with Crippen LogP contribution in [0.5, 0.6) is 0 Å². The molecule has 1 aliphatic rings. The highest BCUT2D eigenvalue weighted by Crippen LogP contribution is 2.27. The monoisotopic (exact) mass is 337 g/mol. The maximum atomic E-state index is 12.6. The molecule has 2 atom stereocenters. The number of aryl methyl sites for hydroxylation is 1. The molecule has 0 spiro atoms. The SMILES string of the molecule is CC1CC(N)CCN1S(=O)(=O)c1c(Br)nnn1C. The van der Waals surface area contributed by atoms with E-state index in [4.69, 9.17) is 5.73 Å². The Hall–Kier alpha value is -0.510. The highest BCUT2D eigenvalue weighted by molar-refractivity contribution is 9.10. The zero-order valence-corrected chi connectivity index (χ0v) is 12.6. The number of sulfonamides is 1. The van der Waals surface area contributed by atoms with Gasteiger partial charge in [0.1, 0.15) is 0 Å². The summed E-state index contributed by atoms with van der Waals surface area (Å²) in [7, 11) is -2.02. The minimum Gasteiger partial charge on any atom is -0.328 e. The van der Waals surface area contributed by atoms with Gasteiger partial charge in [0.05, 0.1) is 0 Å². The summed E-state index contributed by atoms with van der Waals surface area (Å²) in [6.07, 6.45) is 1.34. The van der Waals surface area contributed by atoms with Gasteiger partial charge in [-0.25, -0.2) is 13.1 Å². The van der Waals surface area contributed by atoms with Gasteiger partial charge in [0.25, 0.3) is 10.0 Å². The van der Waals surface area contributed by atoms with Gasteiger partial charge in [-0.2, -0.15) is 4.31 Å². The maximum Gasteiger partial charge on any atom is 0.263 e. The molecule has 102 valence electrons. The van der Waals surface area contributed by atoms with E-state index in [1.165, 1.54) is 8.99 Å². The zero-order valence-electron chi connectivity index (χ0n) is 10.2. The van der Waals surface area contributed by atoms with Gasteiger partial charge in [-0.1, -0.05) is 5.21 Å². The number of piperidine rings is 1. The molecule has 0 saturated carbocycles. The van der Waals surface area contributed by atoms with Crippen LogP contribution in [0.4, 0.5) is 0 Å². The summed E-state index contributed by atoms with van der Waals surface area (Å²) in [5.74, 6) is 0. The summed E-state index contributed by atoms with van der Waals surface area (Å²) in [5, 5.41) is 7.51. The molecule has 0 amide bonds. The molecule has 1 fully saturated rings. The molecule has 9 heteroatoms. The molecule has 1 aliphatic heterocycles. The van der Waals surface area contributed by atoms with Crippen molar-refractivity contribution in [2.75, 3.05) is 6.54 Å². The van der Waals surface area contributed by atoms with Gasteiger partial charge in [-0.15, -0.1) is 5.10 Å². The Morgan fingerprint density at radius 2 is 2.17 bits per heavy atom. The van der Waals surface area contributed by atoms with Gasteiger partial charge in [0.15, 0.2) is 4.60 Å². The molecule has 0 aliphatic carbocycles. The van der Waals surface area contributed by atoms with Crippen LogP contribution in [-0.4, -0.2) is 46.3 Å². The number of nitrogens with zero attached hydrogens (tertiary/aromatic N) is 4. The molecule has 7 nitrogen and oxygen atoms in total. The molecule has 2 unspecified atom stereocenters. The predicted molar refractivity (Wildman–Crippen MR) is 69.3 cm³/mol. The predicted octanol–water partition coefficient (Wildman–Crippen LogP) is 0.0779. The Morgan fingerprint density at radius 3 is 2.67 bits per heavy atom. The topological polar surface area (TPSA) is 94.1 Å². The number of nitrogens with two attached hydrogens (primary N) is 1. The molecule has 1 saturated heterocycles. The first kappa shape index (κ1) is 13.9. The number of hydrogen-bond acceptors (Lipinski definition) is 5. The third kappa shape index (κ3) is 2.31. The van der Waals surface area contributed by atoms with Crippen molar-refractivity contribution in [1.82, 2.24) is 19.3 Å². The zero-order chi connectivity index (χ0) is 13.5. The van der Waals surface area contributed by atoms with E-state index in [-0.39, 0.29) is 21.7 Å². The Labute approximate surface area is 115 Å². The van der Waals surface area contributed by atoms with Crippen LogP contribution >= 0.6 is 15.9 Å². The molecule has 1 aromatic heterocycles. The van der Waals surface area contributed by atoms with Crippen LogP contribution in [-0.2, 0) is 17.1 Å². The van der Waals surface area contributed by atoms with E-state index in [9.17, 15) is 8.42 Å². The van der Waals surface area contributed by atoms with Crippen LogP contribution in [0.1, 0.15) is 19.8 Å². The third-order valence-electron chi connectivity index (χ3n) is 3.15. The lowest BCUT2D eigenvalue weighted by Gasteiger charge is -2.34. The molecule has 2 heterocycles. The van der Waals surface area contributed by atoms with Crippen LogP contribution in [0.15, 0.2) is 9.63 Å². The van der Waals surface area contributed by atoms with Gasteiger partial charge in [0, 0.05) is 25.7 Å². The Kier molecular flexibility index (Phi) is 3.77. The van der Waals surface area contributed by atoms with Gasteiger partial charge in [-0.3, -0.25) is 0 Å². The van der Waals surface area contributed by atoms with Gasteiger partial charge in [0.2, 0.25) is 5.03 Å². The first-order chi connectivity index (χ1) is 8.34. The summed E-state index contributed by atoms with van der Waals surface area (Å²) in [5.41, 5.74) is 5.85. The van der Waals surface area contributed by atoms with Gasteiger partial charge < -0.3 is 5.73 Å². The van der Waals surface area contributed by atoms with E-state index in [1.807, 2.05) is 6.92 Å². The van der Waals surface area contributed by atoms with Crippen molar-refractivity contribution in [3.8, 4) is 0 Å². The quantitative estimate of drug-likeness (QED) is 0.824. The van der Waals surface area contributed by atoms with Crippen LogP contribution < -0.4 is 5.73 Å². The summed E-state index contributed by atoms with van der Waals surface area (Å²) < 4.78 is 28.1. The summed E-state index contributed by atoms with van der Waals surface area (Å²) in [6, 6.07) is -0.0416. The van der Waals surface area contributed by atoms with Crippen molar-refractivity contribution < 1.29 is 8.42 Å². The summed E-state index contributed by atoms with van der Waals surface area (Å²) in [6.45, 7) is 2.30. The summed E-state index contributed by atoms with van der Waals surface area (Å²) in [4.78, 5) is 0. The van der Waals surface area contributed by atoms with Crippen LogP contribution in [0.3, 0.4) is 0 Å².